The normalized spacial score (nSPS) is 10.6. The summed E-state index contributed by atoms with van der Waals surface area (Å²) in [5, 5.41) is 3.60. The van der Waals surface area contributed by atoms with Gasteiger partial charge in [-0.25, -0.2) is 14.4 Å². The summed E-state index contributed by atoms with van der Waals surface area (Å²) < 4.78 is 36.5. The summed E-state index contributed by atoms with van der Waals surface area (Å²) >= 11 is 0. The number of methoxy groups -OCH3 is 2. The third-order valence-corrected chi connectivity index (χ3v) is 4.16. The highest BCUT2D eigenvalue weighted by Gasteiger charge is 2.20. The Hall–Kier alpha value is -3.41. The van der Waals surface area contributed by atoms with E-state index in [0.29, 0.717) is 35.7 Å². The van der Waals surface area contributed by atoms with Crippen LogP contribution in [-0.2, 0) is 9.47 Å². The molecule has 0 aliphatic heterocycles. The molecule has 0 aliphatic rings. The van der Waals surface area contributed by atoms with E-state index < -0.39 is 5.82 Å². The second-order valence-corrected chi connectivity index (χ2v) is 6.17. The zero-order valence-electron chi connectivity index (χ0n) is 16.8. The van der Waals surface area contributed by atoms with Gasteiger partial charge in [0.1, 0.15) is 30.9 Å². The van der Waals surface area contributed by atoms with Crippen LogP contribution in [0.1, 0.15) is 5.56 Å². The molecule has 0 aliphatic carbocycles. The van der Waals surface area contributed by atoms with Crippen LogP contribution >= 0.6 is 0 Å². The average molecular weight is 411 g/mol. The van der Waals surface area contributed by atoms with Crippen LogP contribution in [0.2, 0.25) is 0 Å². The topological polar surface area (TPSA) is 74.7 Å². The smallest absolute Gasteiger partial charge is 0.199 e. The minimum Gasteiger partial charge on any atom is -0.487 e. The molecule has 2 aromatic carbocycles. The second-order valence-electron chi connectivity index (χ2n) is 6.17. The summed E-state index contributed by atoms with van der Waals surface area (Å²) in [6.45, 7) is 1.03. The van der Waals surface area contributed by atoms with Gasteiger partial charge in [0.25, 0.3) is 0 Å². The van der Waals surface area contributed by atoms with Crippen molar-refractivity contribution in [3.05, 3.63) is 48.0 Å². The fraction of sp³-hybridized carbons (Fsp3) is 0.273. The van der Waals surface area contributed by atoms with Gasteiger partial charge in [0.15, 0.2) is 17.3 Å². The van der Waals surface area contributed by atoms with Crippen molar-refractivity contribution < 1.29 is 23.3 Å². The maximum Gasteiger partial charge on any atom is 0.199 e. The molecule has 8 heteroatoms. The molecule has 3 rings (SSSR count). The van der Waals surface area contributed by atoms with Crippen molar-refractivity contribution in [1.82, 2.24) is 9.97 Å². The molecule has 1 aromatic heterocycles. The molecule has 156 valence electrons. The van der Waals surface area contributed by atoms with Crippen molar-refractivity contribution in [3.8, 4) is 23.8 Å². The Morgan fingerprint density at radius 3 is 2.53 bits per heavy atom. The molecule has 0 radical (unpaired) electrons. The largest absolute Gasteiger partial charge is 0.487 e. The first-order valence-corrected chi connectivity index (χ1v) is 9.22. The number of aromatic nitrogens is 2. The molecule has 0 unspecified atom stereocenters. The van der Waals surface area contributed by atoms with Crippen LogP contribution in [-0.4, -0.2) is 50.6 Å². The second kappa shape index (κ2) is 10.4. The summed E-state index contributed by atoms with van der Waals surface area (Å²) in [4.78, 5) is 8.35. The van der Waals surface area contributed by atoms with E-state index in [9.17, 15) is 0 Å². The van der Waals surface area contributed by atoms with Gasteiger partial charge in [0.2, 0.25) is 0 Å². The van der Waals surface area contributed by atoms with E-state index in [-0.39, 0.29) is 30.2 Å². The molecular weight excluding hydrogens is 389 g/mol. The predicted octanol–water partition coefficient (Wildman–Crippen LogP) is 3.54. The van der Waals surface area contributed by atoms with Crippen LogP contribution in [0.3, 0.4) is 0 Å². The monoisotopic (exact) mass is 411 g/mol. The number of nitrogens with one attached hydrogen (secondary N) is 1. The van der Waals surface area contributed by atoms with Crippen molar-refractivity contribution in [3.63, 3.8) is 0 Å². The highest BCUT2D eigenvalue weighted by molar-refractivity contribution is 5.93. The van der Waals surface area contributed by atoms with E-state index in [0.717, 1.165) is 0 Å². The third kappa shape index (κ3) is 4.95. The molecule has 0 atom stereocenters. The van der Waals surface area contributed by atoms with E-state index in [2.05, 4.69) is 21.2 Å². The summed E-state index contributed by atoms with van der Waals surface area (Å²) in [6.07, 6.45) is 6.75. The first-order valence-electron chi connectivity index (χ1n) is 9.22. The van der Waals surface area contributed by atoms with Crippen LogP contribution in [0.25, 0.3) is 10.9 Å². The molecule has 1 N–H and O–H groups in total. The summed E-state index contributed by atoms with van der Waals surface area (Å²) in [5.41, 5.74) is 1.53. The molecule has 0 saturated carbocycles. The molecular formula is C22H22FN3O4. The molecule has 0 fully saturated rings. The summed E-state index contributed by atoms with van der Waals surface area (Å²) in [5.74, 6) is 2.54. The van der Waals surface area contributed by atoms with E-state index in [1.807, 2.05) is 18.2 Å². The highest BCUT2D eigenvalue weighted by Crippen LogP contribution is 2.38. The Morgan fingerprint density at radius 1 is 1.03 bits per heavy atom. The van der Waals surface area contributed by atoms with Crippen LogP contribution in [0.5, 0.6) is 11.5 Å². The summed E-state index contributed by atoms with van der Waals surface area (Å²) in [7, 11) is 3.09. The van der Waals surface area contributed by atoms with Gasteiger partial charge in [-0.05, 0) is 24.3 Å². The number of nitrogens with zero attached hydrogens (tertiary/aromatic N) is 2. The molecule has 0 amide bonds. The standard InChI is InChI=1S/C22H22FN3O4/c1-4-15-6-5-7-16(12-15)26-22-17-13-18(29-10-8-27-2)21(30-11-9-28-3)19(23)20(17)24-14-25-22/h1,5-7,12-14H,8-11H2,2-3H3,(H,24,25,26). The highest BCUT2D eigenvalue weighted by atomic mass is 19.1. The van der Waals surface area contributed by atoms with Gasteiger partial charge in [-0.3, -0.25) is 0 Å². The van der Waals surface area contributed by atoms with Crippen LogP contribution < -0.4 is 14.8 Å². The van der Waals surface area contributed by atoms with E-state index in [4.69, 9.17) is 25.4 Å². The number of hydrogen-bond donors (Lipinski definition) is 1. The first-order chi connectivity index (χ1) is 14.7. The van der Waals surface area contributed by atoms with Gasteiger partial charge in [-0.2, -0.15) is 0 Å². The zero-order chi connectivity index (χ0) is 21.3. The minimum atomic E-state index is -0.640. The number of benzene rings is 2. The zero-order valence-corrected chi connectivity index (χ0v) is 16.8. The molecule has 3 aromatic rings. The minimum absolute atomic E-state index is 0.0327. The molecule has 1 heterocycles. The number of hydrogen-bond acceptors (Lipinski definition) is 7. The van der Waals surface area contributed by atoms with Crippen molar-refractivity contribution in [2.75, 3.05) is 46.0 Å². The number of ether oxygens (including phenoxy) is 4. The molecule has 7 nitrogen and oxygen atoms in total. The lowest BCUT2D eigenvalue weighted by Gasteiger charge is -2.16. The van der Waals surface area contributed by atoms with Gasteiger partial charge in [0, 0.05) is 30.9 Å². The quantitative estimate of drug-likeness (QED) is 0.404. The number of terminal acetylenes is 1. The number of halogens is 1. The fourth-order valence-electron chi connectivity index (χ4n) is 2.75. The Balaban J connectivity index is 2.03. The van der Waals surface area contributed by atoms with E-state index in [1.54, 1.807) is 19.2 Å². The van der Waals surface area contributed by atoms with Gasteiger partial charge in [-0.15, -0.1) is 6.42 Å². The van der Waals surface area contributed by atoms with Crippen LogP contribution in [0, 0.1) is 18.2 Å². The van der Waals surface area contributed by atoms with Crippen molar-refractivity contribution in [2.24, 2.45) is 0 Å². The van der Waals surface area contributed by atoms with Crippen molar-refractivity contribution >= 4 is 22.4 Å². The lowest BCUT2D eigenvalue weighted by atomic mass is 10.1. The fourth-order valence-corrected chi connectivity index (χ4v) is 2.75. The number of rotatable bonds is 10. The lowest BCUT2D eigenvalue weighted by Crippen LogP contribution is -2.10. The maximum absolute atomic E-state index is 15.3. The van der Waals surface area contributed by atoms with Crippen LogP contribution in [0.4, 0.5) is 15.9 Å². The van der Waals surface area contributed by atoms with Gasteiger partial charge in [0.05, 0.1) is 13.2 Å². The lowest BCUT2D eigenvalue weighted by molar-refractivity contribution is 0.130. The summed E-state index contributed by atoms with van der Waals surface area (Å²) in [6, 6.07) is 8.91. The van der Waals surface area contributed by atoms with E-state index >= 15 is 4.39 Å². The SMILES string of the molecule is C#Cc1cccc(Nc2ncnc3c(F)c(OCCOC)c(OCCOC)cc23)c1. The average Bonchev–Trinajstić information content (AvgIpc) is 2.76. The van der Waals surface area contributed by atoms with E-state index in [1.165, 1.54) is 13.4 Å². The maximum atomic E-state index is 15.3. The predicted molar refractivity (Wildman–Crippen MR) is 112 cm³/mol. The number of fused-ring (bicyclic) bond motifs is 1. The Bertz CT molecular complexity index is 1050. The number of anilines is 2. The van der Waals surface area contributed by atoms with Gasteiger partial charge in [-0.1, -0.05) is 12.0 Å². The third-order valence-electron chi connectivity index (χ3n) is 4.16. The first kappa shape index (κ1) is 21.3. The van der Waals surface area contributed by atoms with Gasteiger partial charge >= 0.3 is 0 Å². The Labute approximate surface area is 174 Å². The molecule has 30 heavy (non-hydrogen) atoms. The molecule has 0 bridgehead atoms. The Kier molecular flexibility index (Phi) is 7.38. The molecule has 0 spiro atoms. The van der Waals surface area contributed by atoms with Crippen molar-refractivity contribution in [2.45, 2.75) is 0 Å². The van der Waals surface area contributed by atoms with Crippen LogP contribution in [0.15, 0.2) is 36.7 Å². The molecule has 0 saturated heterocycles. The van der Waals surface area contributed by atoms with Crippen molar-refractivity contribution in [1.29, 1.82) is 0 Å². The Morgan fingerprint density at radius 2 is 1.80 bits per heavy atom. The van der Waals surface area contributed by atoms with Gasteiger partial charge < -0.3 is 24.3 Å².